The van der Waals surface area contributed by atoms with Crippen molar-refractivity contribution in [3.8, 4) is 0 Å². The summed E-state index contributed by atoms with van der Waals surface area (Å²) in [5.41, 5.74) is 1.02. The standard InChI is InChI=1S/C20H29N3O3/c24-20(22-11-16-2-1-5-21-10-16)9-18-8-17-13-23(14-19(17)26-18)12-15-3-6-25-7-4-15/h1-2,5,10,15,17-19H,3-4,6-9,11-14H2,(H,22,24)/t17-,18+,19+/m0/s1. The molecule has 3 atom stereocenters. The van der Waals surface area contributed by atoms with Crippen molar-refractivity contribution in [3.63, 3.8) is 0 Å². The Labute approximate surface area is 155 Å². The molecule has 0 radical (unpaired) electrons. The second-order valence-corrected chi connectivity index (χ2v) is 7.91. The van der Waals surface area contributed by atoms with Crippen LogP contribution in [0.25, 0.3) is 0 Å². The smallest absolute Gasteiger partial charge is 0.222 e. The van der Waals surface area contributed by atoms with Crippen LogP contribution in [0.5, 0.6) is 0 Å². The Kier molecular flexibility index (Phi) is 5.82. The number of nitrogens with one attached hydrogen (secondary N) is 1. The summed E-state index contributed by atoms with van der Waals surface area (Å²) < 4.78 is 11.6. The Balaban J connectivity index is 1.17. The SMILES string of the molecule is O=C(C[C@H]1C[C@H]2CN(CC3CCOCC3)C[C@H]2O1)NCc1cccnc1. The van der Waals surface area contributed by atoms with Crippen LogP contribution in [0.2, 0.25) is 0 Å². The second kappa shape index (κ2) is 8.46. The summed E-state index contributed by atoms with van der Waals surface area (Å²) >= 11 is 0. The maximum absolute atomic E-state index is 12.2. The van der Waals surface area contributed by atoms with Crippen LogP contribution < -0.4 is 5.32 Å². The fourth-order valence-electron chi connectivity index (χ4n) is 4.51. The van der Waals surface area contributed by atoms with Crippen molar-refractivity contribution in [2.24, 2.45) is 11.8 Å². The summed E-state index contributed by atoms with van der Waals surface area (Å²) in [6.45, 7) is 5.68. The summed E-state index contributed by atoms with van der Waals surface area (Å²) in [5, 5.41) is 2.97. The Bertz CT molecular complexity index is 577. The molecule has 3 aliphatic rings. The van der Waals surface area contributed by atoms with E-state index in [0.717, 1.165) is 44.2 Å². The molecule has 6 heteroatoms. The van der Waals surface area contributed by atoms with Gasteiger partial charge in [-0.3, -0.25) is 9.78 Å². The first kappa shape index (κ1) is 17.9. The van der Waals surface area contributed by atoms with Gasteiger partial charge in [0.05, 0.1) is 18.6 Å². The molecule has 4 rings (SSSR count). The van der Waals surface area contributed by atoms with Gasteiger partial charge in [0.25, 0.3) is 0 Å². The summed E-state index contributed by atoms with van der Waals surface area (Å²) in [7, 11) is 0. The third-order valence-corrected chi connectivity index (χ3v) is 5.87. The zero-order valence-corrected chi connectivity index (χ0v) is 15.3. The van der Waals surface area contributed by atoms with E-state index in [-0.39, 0.29) is 12.0 Å². The quantitative estimate of drug-likeness (QED) is 0.836. The number of carbonyl (C=O) groups is 1. The first-order valence-electron chi connectivity index (χ1n) is 9.87. The highest BCUT2D eigenvalue weighted by atomic mass is 16.5. The molecule has 1 aromatic heterocycles. The van der Waals surface area contributed by atoms with Crippen molar-refractivity contribution in [2.75, 3.05) is 32.8 Å². The highest BCUT2D eigenvalue weighted by Gasteiger charge is 2.42. The van der Waals surface area contributed by atoms with Crippen molar-refractivity contribution in [2.45, 2.75) is 44.4 Å². The molecule has 0 spiro atoms. The van der Waals surface area contributed by atoms with Gasteiger partial charge in [-0.2, -0.15) is 0 Å². The van der Waals surface area contributed by atoms with E-state index in [2.05, 4.69) is 15.2 Å². The molecule has 4 heterocycles. The molecule has 1 amide bonds. The van der Waals surface area contributed by atoms with Crippen LogP contribution in [-0.4, -0.2) is 60.8 Å². The van der Waals surface area contributed by atoms with Gasteiger partial charge in [-0.1, -0.05) is 6.07 Å². The Hall–Kier alpha value is -1.50. The van der Waals surface area contributed by atoms with E-state index >= 15 is 0 Å². The summed E-state index contributed by atoms with van der Waals surface area (Å²) in [4.78, 5) is 18.8. The molecule has 3 saturated heterocycles. The van der Waals surface area contributed by atoms with Crippen LogP contribution in [-0.2, 0) is 20.8 Å². The minimum absolute atomic E-state index is 0.0675. The van der Waals surface area contributed by atoms with Crippen LogP contribution >= 0.6 is 0 Å². The van der Waals surface area contributed by atoms with Gasteiger partial charge < -0.3 is 19.7 Å². The number of nitrogens with zero attached hydrogens (tertiary/aromatic N) is 2. The zero-order chi connectivity index (χ0) is 17.8. The number of aromatic nitrogens is 1. The minimum atomic E-state index is 0.0675. The summed E-state index contributed by atoms with van der Waals surface area (Å²) in [6, 6.07) is 3.85. The number of carbonyl (C=O) groups excluding carboxylic acids is 1. The Morgan fingerprint density at radius 3 is 2.96 bits per heavy atom. The van der Waals surface area contributed by atoms with Crippen molar-refractivity contribution in [3.05, 3.63) is 30.1 Å². The van der Waals surface area contributed by atoms with Crippen molar-refractivity contribution in [1.82, 2.24) is 15.2 Å². The van der Waals surface area contributed by atoms with E-state index in [1.807, 2.05) is 12.1 Å². The minimum Gasteiger partial charge on any atom is -0.381 e. The van der Waals surface area contributed by atoms with Gasteiger partial charge >= 0.3 is 0 Å². The van der Waals surface area contributed by atoms with Gasteiger partial charge in [-0.25, -0.2) is 0 Å². The van der Waals surface area contributed by atoms with Gasteiger partial charge in [0.1, 0.15) is 0 Å². The molecule has 1 N–H and O–H groups in total. The van der Waals surface area contributed by atoms with Crippen molar-refractivity contribution < 1.29 is 14.3 Å². The third kappa shape index (κ3) is 4.61. The zero-order valence-electron chi connectivity index (χ0n) is 15.3. The first-order chi connectivity index (χ1) is 12.8. The molecule has 26 heavy (non-hydrogen) atoms. The molecular weight excluding hydrogens is 330 g/mol. The molecule has 6 nitrogen and oxygen atoms in total. The highest BCUT2D eigenvalue weighted by molar-refractivity contribution is 5.76. The Morgan fingerprint density at radius 2 is 2.19 bits per heavy atom. The summed E-state index contributed by atoms with van der Waals surface area (Å²) in [6.07, 6.45) is 7.75. The lowest BCUT2D eigenvalue weighted by Gasteiger charge is -2.27. The largest absolute Gasteiger partial charge is 0.381 e. The normalized spacial score (nSPS) is 29.6. The molecule has 0 unspecified atom stereocenters. The first-order valence-corrected chi connectivity index (χ1v) is 9.87. The number of fused-ring (bicyclic) bond motifs is 1. The van der Waals surface area contributed by atoms with Gasteiger partial charge in [0.15, 0.2) is 0 Å². The van der Waals surface area contributed by atoms with E-state index in [0.29, 0.717) is 25.0 Å². The van der Waals surface area contributed by atoms with Gasteiger partial charge in [0, 0.05) is 57.7 Å². The topological polar surface area (TPSA) is 63.7 Å². The lowest BCUT2D eigenvalue weighted by Crippen LogP contribution is -2.33. The lowest BCUT2D eigenvalue weighted by atomic mass is 9.99. The second-order valence-electron chi connectivity index (χ2n) is 7.91. The monoisotopic (exact) mass is 359 g/mol. The summed E-state index contributed by atoms with van der Waals surface area (Å²) in [5.74, 6) is 1.43. The van der Waals surface area contributed by atoms with Crippen molar-refractivity contribution >= 4 is 5.91 Å². The number of likely N-dealkylation sites (tertiary alicyclic amines) is 1. The average Bonchev–Trinajstić information content (AvgIpc) is 3.19. The molecule has 0 aromatic carbocycles. The van der Waals surface area contributed by atoms with Crippen LogP contribution in [0.1, 0.15) is 31.2 Å². The number of ether oxygens (including phenoxy) is 2. The van der Waals surface area contributed by atoms with E-state index in [9.17, 15) is 4.79 Å². The third-order valence-electron chi connectivity index (χ3n) is 5.87. The molecule has 3 aliphatic heterocycles. The van der Waals surface area contributed by atoms with Gasteiger partial charge in [0.2, 0.25) is 5.91 Å². The predicted molar refractivity (Wildman–Crippen MR) is 97.5 cm³/mol. The Morgan fingerprint density at radius 1 is 1.31 bits per heavy atom. The van der Waals surface area contributed by atoms with E-state index in [1.54, 1.807) is 12.4 Å². The van der Waals surface area contributed by atoms with Crippen LogP contribution in [0.15, 0.2) is 24.5 Å². The van der Waals surface area contributed by atoms with Gasteiger partial charge in [-0.15, -0.1) is 0 Å². The molecule has 0 aliphatic carbocycles. The van der Waals surface area contributed by atoms with Crippen LogP contribution in [0, 0.1) is 11.8 Å². The molecule has 3 fully saturated rings. The van der Waals surface area contributed by atoms with E-state index < -0.39 is 0 Å². The number of hydrogen-bond donors (Lipinski definition) is 1. The van der Waals surface area contributed by atoms with Gasteiger partial charge in [-0.05, 0) is 36.8 Å². The van der Waals surface area contributed by atoms with Crippen LogP contribution in [0.3, 0.4) is 0 Å². The molecule has 1 aromatic rings. The van der Waals surface area contributed by atoms with E-state index in [4.69, 9.17) is 9.47 Å². The number of pyridine rings is 1. The van der Waals surface area contributed by atoms with Crippen molar-refractivity contribution in [1.29, 1.82) is 0 Å². The number of amides is 1. The average molecular weight is 359 g/mol. The molecular formula is C20H29N3O3. The lowest BCUT2D eigenvalue weighted by molar-refractivity contribution is -0.124. The maximum Gasteiger partial charge on any atom is 0.222 e. The number of hydrogen-bond acceptors (Lipinski definition) is 5. The van der Waals surface area contributed by atoms with Crippen LogP contribution in [0.4, 0.5) is 0 Å². The number of rotatable bonds is 6. The molecule has 142 valence electrons. The fraction of sp³-hybridized carbons (Fsp3) is 0.700. The molecule has 0 saturated carbocycles. The van der Waals surface area contributed by atoms with E-state index in [1.165, 1.54) is 19.4 Å². The fourth-order valence-corrected chi connectivity index (χ4v) is 4.51. The predicted octanol–water partition coefficient (Wildman–Crippen LogP) is 1.60. The highest BCUT2D eigenvalue weighted by Crippen LogP contribution is 2.35. The maximum atomic E-state index is 12.2. The molecule has 0 bridgehead atoms.